The minimum atomic E-state index is -0.178. The third-order valence-corrected chi connectivity index (χ3v) is 7.55. The predicted molar refractivity (Wildman–Crippen MR) is 147 cm³/mol. The summed E-state index contributed by atoms with van der Waals surface area (Å²) in [5.41, 5.74) is 11.2. The summed E-state index contributed by atoms with van der Waals surface area (Å²) in [7, 11) is 2.14. The van der Waals surface area contributed by atoms with Crippen LogP contribution in [0.2, 0.25) is 0 Å². The third-order valence-electron chi connectivity index (χ3n) is 7.55. The number of anilines is 1. The van der Waals surface area contributed by atoms with Crippen LogP contribution in [0.5, 0.6) is 0 Å². The molecule has 1 saturated heterocycles. The number of aromatic nitrogens is 7. The molecule has 0 saturated carbocycles. The predicted octanol–water partition coefficient (Wildman–Crippen LogP) is 2.05. The molecule has 0 radical (unpaired) electrons. The molecule has 11 heteroatoms. The highest BCUT2D eigenvalue weighted by Gasteiger charge is 2.24. The van der Waals surface area contributed by atoms with E-state index in [9.17, 15) is 4.79 Å². The van der Waals surface area contributed by atoms with Crippen LogP contribution in [0, 0.1) is 6.92 Å². The molecule has 1 fully saturated rings. The van der Waals surface area contributed by atoms with Crippen LogP contribution < -0.4 is 11.3 Å². The zero-order chi connectivity index (χ0) is 26.4. The topological polar surface area (TPSA) is 115 Å². The van der Waals surface area contributed by atoms with Gasteiger partial charge in [-0.15, -0.1) is 0 Å². The Labute approximate surface area is 220 Å². The van der Waals surface area contributed by atoms with Crippen LogP contribution in [0.3, 0.4) is 0 Å². The molecule has 0 bridgehead atoms. The van der Waals surface area contributed by atoms with Gasteiger partial charge in [0.15, 0.2) is 5.65 Å². The van der Waals surface area contributed by atoms with Crippen LogP contribution in [0.15, 0.2) is 53.7 Å². The molecule has 0 aromatic carbocycles. The highest BCUT2D eigenvalue weighted by Crippen LogP contribution is 2.34. The van der Waals surface area contributed by atoms with Crippen molar-refractivity contribution in [2.24, 2.45) is 0 Å². The van der Waals surface area contributed by atoms with Crippen LogP contribution in [0.1, 0.15) is 24.2 Å². The van der Waals surface area contributed by atoms with Crippen molar-refractivity contribution >= 4 is 22.4 Å². The molecule has 5 aromatic rings. The molecule has 6 rings (SSSR count). The fraction of sp³-hybridized carbons (Fsp3) is 0.370. The molecule has 0 aliphatic carbocycles. The van der Waals surface area contributed by atoms with Crippen molar-refractivity contribution in [1.29, 1.82) is 0 Å². The molecule has 1 aliphatic heterocycles. The van der Waals surface area contributed by atoms with Crippen LogP contribution >= 0.6 is 0 Å². The maximum Gasteiger partial charge on any atom is 0.266 e. The Morgan fingerprint density at radius 3 is 2.66 bits per heavy atom. The largest absolute Gasteiger partial charge is 0.383 e. The Morgan fingerprint density at radius 2 is 1.84 bits per heavy atom. The maximum absolute atomic E-state index is 12.8. The third kappa shape index (κ3) is 4.23. The molecule has 1 aliphatic rings. The summed E-state index contributed by atoms with van der Waals surface area (Å²) >= 11 is 0. The van der Waals surface area contributed by atoms with Gasteiger partial charge in [0.25, 0.3) is 5.56 Å². The van der Waals surface area contributed by atoms with Gasteiger partial charge >= 0.3 is 0 Å². The molecule has 2 N–H and O–H groups in total. The fourth-order valence-electron chi connectivity index (χ4n) is 5.35. The van der Waals surface area contributed by atoms with Crippen molar-refractivity contribution in [3.05, 3.63) is 70.5 Å². The quantitative estimate of drug-likeness (QED) is 0.368. The molecule has 1 unspecified atom stereocenters. The van der Waals surface area contributed by atoms with E-state index >= 15 is 0 Å². The fourth-order valence-corrected chi connectivity index (χ4v) is 5.35. The highest BCUT2D eigenvalue weighted by molar-refractivity contribution is 5.88. The van der Waals surface area contributed by atoms with E-state index in [0.29, 0.717) is 18.0 Å². The van der Waals surface area contributed by atoms with Crippen molar-refractivity contribution in [3.8, 4) is 11.4 Å². The van der Waals surface area contributed by atoms with E-state index in [-0.39, 0.29) is 11.6 Å². The van der Waals surface area contributed by atoms with E-state index in [1.165, 1.54) is 6.33 Å². The highest BCUT2D eigenvalue weighted by atomic mass is 16.1. The number of nitrogens with zero attached hydrogens (tertiary/aromatic N) is 9. The second kappa shape index (κ2) is 9.66. The molecule has 0 spiro atoms. The van der Waals surface area contributed by atoms with Crippen molar-refractivity contribution in [1.82, 2.24) is 43.7 Å². The summed E-state index contributed by atoms with van der Waals surface area (Å²) in [6.07, 6.45) is 3.49. The lowest BCUT2D eigenvalue weighted by Gasteiger charge is -2.32. The Kier molecular flexibility index (Phi) is 6.16. The van der Waals surface area contributed by atoms with Gasteiger partial charge in [0, 0.05) is 56.1 Å². The summed E-state index contributed by atoms with van der Waals surface area (Å²) in [4.78, 5) is 26.1. The second-order valence-electron chi connectivity index (χ2n) is 10.0. The van der Waals surface area contributed by atoms with Crippen LogP contribution in [-0.4, -0.2) is 83.5 Å². The number of hydrogen-bond acceptors (Lipinski definition) is 8. The number of piperazine rings is 1. The van der Waals surface area contributed by atoms with Gasteiger partial charge in [-0.3, -0.25) is 9.69 Å². The number of pyridine rings is 1. The van der Waals surface area contributed by atoms with Gasteiger partial charge in [-0.25, -0.2) is 19.3 Å². The van der Waals surface area contributed by atoms with E-state index < -0.39 is 0 Å². The van der Waals surface area contributed by atoms with Gasteiger partial charge in [-0.1, -0.05) is 6.07 Å². The van der Waals surface area contributed by atoms with Gasteiger partial charge in [0.2, 0.25) is 0 Å². The Morgan fingerprint density at radius 1 is 1.03 bits per heavy atom. The monoisotopic (exact) mass is 512 g/mol. The van der Waals surface area contributed by atoms with Crippen LogP contribution in [0.25, 0.3) is 27.9 Å². The summed E-state index contributed by atoms with van der Waals surface area (Å²) in [6, 6.07) is 11.5. The molecule has 38 heavy (non-hydrogen) atoms. The van der Waals surface area contributed by atoms with Gasteiger partial charge in [-0.05, 0) is 45.2 Å². The number of nitrogen functional groups attached to an aromatic ring is 1. The maximum atomic E-state index is 12.8. The second-order valence-corrected chi connectivity index (χ2v) is 10.0. The van der Waals surface area contributed by atoms with Gasteiger partial charge in [-0.2, -0.15) is 10.2 Å². The summed E-state index contributed by atoms with van der Waals surface area (Å²) in [5.74, 6) is 0.419. The lowest BCUT2D eigenvalue weighted by atomic mass is 10.1. The summed E-state index contributed by atoms with van der Waals surface area (Å²) < 4.78 is 5.60. The smallest absolute Gasteiger partial charge is 0.266 e. The summed E-state index contributed by atoms with van der Waals surface area (Å²) in [6.45, 7) is 9.43. The zero-order valence-corrected chi connectivity index (χ0v) is 21.9. The lowest BCUT2D eigenvalue weighted by Crippen LogP contribution is -2.46. The average molecular weight is 513 g/mol. The molecule has 5 aromatic heterocycles. The van der Waals surface area contributed by atoms with Gasteiger partial charge < -0.3 is 15.0 Å². The molecule has 6 heterocycles. The zero-order valence-electron chi connectivity index (χ0n) is 21.9. The van der Waals surface area contributed by atoms with Crippen molar-refractivity contribution in [2.45, 2.75) is 26.4 Å². The Hall–Kier alpha value is -4.09. The number of nitrogens with two attached hydrogens (primary N) is 1. The van der Waals surface area contributed by atoms with Crippen molar-refractivity contribution in [3.63, 3.8) is 0 Å². The first-order chi connectivity index (χ1) is 18.4. The molecule has 1 atom stereocenters. The Balaban J connectivity index is 1.41. The van der Waals surface area contributed by atoms with E-state index in [1.54, 1.807) is 10.7 Å². The average Bonchev–Trinajstić information content (AvgIpc) is 3.48. The first-order valence-electron chi connectivity index (χ1n) is 13.0. The summed E-state index contributed by atoms with van der Waals surface area (Å²) in [5, 5.41) is 10.4. The molecular formula is C27H32N10O. The van der Waals surface area contributed by atoms with E-state index in [4.69, 9.17) is 15.9 Å². The first kappa shape index (κ1) is 24.3. The number of rotatable bonds is 6. The molecule has 196 valence electrons. The number of aryl methyl sites for hydroxylation is 1. The minimum Gasteiger partial charge on any atom is -0.383 e. The number of fused-ring (bicyclic) bond motifs is 2. The normalized spacial score (nSPS) is 16.0. The first-order valence-corrected chi connectivity index (χ1v) is 13.0. The minimum absolute atomic E-state index is 0.0980. The SMILES string of the molecule is Cc1nn(C(C)c2cc3ccccn3c2-c2ccc(=O)n(CCN3CCN(C)CC3)n2)c2ncnc(N)c12. The standard InChI is InChI=1S/C27H32N10O/c1-18-24-26(28)29-17-30-27(24)37(31-18)19(2)21-16-20-6-4-5-9-35(20)25(21)22-7-8-23(38)36(32-22)15-14-34-12-10-33(3)11-13-34/h4-9,16-17,19H,10-15H2,1-3H3,(H2,28,29,30). The lowest BCUT2D eigenvalue weighted by molar-refractivity contribution is 0.148. The Bertz CT molecular complexity index is 1670. The molecule has 0 amide bonds. The number of likely N-dealkylation sites (N-methyl/N-ethyl adjacent to an activating group) is 1. The van der Waals surface area contributed by atoms with Crippen molar-refractivity contribution in [2.75, 3.05) is 45.5 Å². The van der Waals surface area contributed by atoms with Gasteiger partial charge in [0.1, 0.15) is 17.8 Å². The van der Waals surface area contributed by atoms with E-state index in [2.05, 4.69) is 50.3 Å². The van der Waals surface area contributed by atoms with Crippen molar-refractivity contribution < 1.29 is 0 Å². The van der Waals surface area contributed by atoms with Crippen LogP contribution in [-0.2, 0) is 6.54 Å². The van der Waals surface area contributed by atoms with E-state index in [1.807, 2.05) is 36.0 Å². The molecular weight excluding hydrogens is 480 g/mol. The van der Waals surface area contributed by atoms with Gasteiger partial charge in [0.05, 0.1) is 29.4 Å². The number of hydrogen-bond donors (Lipinski definition) is 1. The van der Waals surface area contributed by atoms with E-state index in [0.717, 1.165) is 66.3 Å². The van der Waals surface area contributed by atoms with Crippen LogP contribution in [0.4, 0.5) is 5.82 Å². The molecule has 11 nitrogen and oxygen atoms in total.